The van der Waals surface area contributed by atoms with Gasteiger partial charge in [0.2, 0.25) is 5.91 Å². The smallest absolute Gasteiger partial charge is 0.225 e. The van der Waals surface area contributed by atoms with Crippen LogP contribution in [0.2, 0.25) is 0 Å². The Morgan fingerprint density at radius 2 is 2.32 bits per heavy atom. The molecule has 0 aliphatic carbocycles. The molecule has 1 atom stereocenters. The van der Waals surface area contributed by atoms with Gasteiger partial charge in [-0.05, 0) is 17.5 Å². The van der Waals surface area contributed by atoms with Crippen molar-refractivity contribution in [1.29, 1.82) is 0 Å². The van der Waals surface area contributed by atoms with Crippen LogP contribution in [0.5, 0.6) is 11.5 Å². The van der Waals surface area contributed by atoms with Gasteiger partial charge in [-0.1, -0.05) is 24.8 Å². The first-order valence-electron chi connectivity index (χ1n) is 7.02. The molecule has 1 unspecified atom stereocenters. The van der Waals surface area contributed by atoms with Crippen molar-refractivity contribution in [2.45, 2.75) is 12.3 Å². The molecule has 1 N–H and O–H groups in total. The Kier molecular flexibility index (Phi) is 4.15. The Morgan fingerprint density at radius 3 is 3.09 bits per heavy atom. The largest absolute Gasteiger partial charge is 0.493 e. The number of hydrogen-bond donors (Lipinski definition) is 1. The Bertz CT molecular complexity index is 708. The van der Waals surface area contributed by atoms with Crippen LogP contribution in [0, 0.1) is 0 Å². The van der Waals surface area contributed by atoms with E-state index < -0.39 is 0 Å². The molecular weight excluding hydrogens is 298 g/mol. The number of carbonyl (C=O) groups is 1. The normalized spacial score (nSPS) is 16.6. The maximum atomic E-state index is 12.0. The molecule has 1 aliphatic heterocycles. The minimum atomic E-state index is -0.0151. The van der Waals surface area contributed by atoms with E-state index in [9.17, 15) is 4.79 Å². The van der Waals surface area contributed by atoms with E-state index in [0.29, 0.717) is 24.5 Å². The van der Waals surface area contributed by atoms with E-state index in [0.717, 1.165) is 16.1 Å². The van der Waals surface area contributed by atoms with E-state index in [2.05, 4.69) is 11.9 Å². The average molecular weight is 315 g/mol. The highest BCUT2D eigenvalue weighted by molar-refractivity contribution is 7.10. The summed E-state index contributed by atoms with van der Waals surface area (Å²) in [6.45, 7) is 4.08. The lowest BCUT2D eigenvalue weighted by atomic mass is 9.90. The first kappa shape index (κ1) is 14.7. The topological polar surface area (TPSA) is 47.6 Å². The zero-order valence-electron chi connectivity index (χ0n) is 12.3. The molecule has 22 heavy (non-hydrogen) atoms. The minimum absolute atomic E-state index is 0.0151. The van der Waals surface area contributed by atoms with Crippen LogP contribution in [-0.2, 0) is 4.79 Å². The van der Waals surface area contributed by atoms with E-state index in [4.69, 9.17) is 9.47 Å². The van der Waals surface area contributed by atoms with E-state index in [1.165, 1.54) is 0 Å². The summed E-state index contributed by atoms with van der Waals surface area (Å²) < 4.78 is 11.2. The maximum absolute atomic E-state index is 12.0. The number of nitrogens with one attached hydrogen (secondary N) is 1. The third kappa shape index (κ3) is 2.60. The summed E-state index contributed by atoms with van der Waals surface area (Å²) in [6, 6.07) is 7.72. The molecule has 0 saturated heterocycles. The van der Waals surface area contributed by atoms with Crippen LogP contribution in [0.3, 0.4) is 0 Å². The molecule has 0 saturated carbocycles. The summed E-state index contributed by atoms with van der Waals surface area (Å²) in [5.74, 6) is 1.36. The number of benzene rings is 1. The summed E-state index contributed by atoms with van der Waals surface area (Å²) in [5, 5.41) is 4.91. The summed E-state index contributed by atoms with van der Waals surface area (Å²) in [5.41, 5.74) is 1.86. The Hall–Kier alpha value is -2.27. The van der Waals surface area contributed by atoms with Gasteiger partial charge >= 0.3 is 0 Å². The standard InChI is InChI=1S/C17H17NO3S/c1-3-8-21-16-11(5-4-6-14(16)20-2)12-10-15(19)18-13-7-9-22-17(12)13/h3-7,9,12H,1,8,10H2,2H3,(H,18,19). The number of ether oxygens (including phenoxy) is 2. The molecule has 4 nitrogen and oxygen atoms in total. The molecule has 1 aliphatic rings. The number of rotatable bonds is 5. The second-order valence-electron chi connectivity index (χ2n) is 4.98. The van der Waals surface area contributed by atoms with Crippen LogP contribution >= 0.6 is 11.3 Å². The highest BCUT2D eigenvalue weighted by Crippen LogP contribution is 2.46. The van der Waals surface area contributed by atoms with Crippen molar-refractivity contribution in [2.24, 2.45) is 0 Å². The van der Waals surface area contributed by atoms with Gasteiger partial charge in [0.1, 0.15) is 6.61 Å². The fourth-order valence-corrected chi connectivity index (χ4v) is 3.66. The molecule has 0 fully saturated rings. The molecule has 1 amide bonds. The molecule has 5 heteroatoms. The van der Waals surface area contributed by atoms with Crippen molar-refractivity contribution in [3.05, 3.63) is 52.7 Å². The number of thiophene rings is 1. The summed E-state index contributed by atoms with van der Waals surface area (Å²) in [4.78, 5) is 13.1. The Morgan fingerprint density at radius 1 is 1.45 bits per heavy atom. The third-order valence-electron chi connectivity index (χ3n) is 3.63. The van der Waals surface area contributed by atoms with Gasteiger partial charge in [0.15, 0.2) is 11.5 Å². The maximum Gasteiger partial charge on any atom is 0.225 e. The lowest BCUT2D eigenvalue weighted by Crippen LogP contribution is -2.22. The number of carbonyl (C=O) groups excluding carboxylic acids is 1. The lowest BCUT2D eigenvalue weighted by molar-refractivity contribution is -0.116. The van der Waals surface area contributed by atoms with Gasteiger partial charge in [0, 0.05) is 22.8 Å². The third-order valence-corrected chi connectivity index (χ3v) is 4.66. The van der Waals surface area contributed by atoms with Gasteiger partial charge in [-0.15, -0.1) is 11.3 Å². The summed E-state index contributed by atoms with van der Waals surface area (Å²) >= 11 is 1.65. The molecule has 1 aromatic carbocycles. The highest BCUT2D eigenvalue weighted by atomic mass is 32.1. The predicted octanol–water partition coefficient (Wildman–Crippen LogP) is 3.80. The zero-order chi connectivity index (χ0) is 15.5. The number of para-hydroxylation sites is 1. The molecule has 0 spiro atoms. The molecule has 114 valence electrons. The molecule has 0 radical (unpaired) electrons. The predicted molar refractivity (Wildman–Crippen MR) is 88.1 cm³/mol. The van der Waals surface area contributed by atoms with Crippen molar-refractivity contribution < 1.29 is 14.3 Å². The van der Waals surface area contributed by atoms with E-state index in [1.54, 1.807) is 24.5 Å². The van der Waals surface area contributed by atoms with Gasteiger partial charge in [-0.2, -0.15) is 0 Å². The summed E-state index contributed by atoms with van der Waals surface area (Å²) in [7, 11) is 1.62. The summed E-state index contributed by atoms with van der Waals surface area (Å²) in [6.07, 6.45) is 2.10. The van der Waals surface area contributed by atoms with Crippen LogP contribution in [0.25, 0.3) is 0 Å². The van der Waals surface area contributed by atoms with Crippen molar-refractivity contribution >= 4 is 22.9 Å². The number of amides is 1. The first-order chi connectivity index (χ1) is 10.7. The monoisotopic (exact) mass is 315 g/mol. The molecule has 3 rings (SSSR count). The Balaban J connectivity index is 2.08. The second kappa shape index (κ2) is 6.23. The van der Waals surface area contributed by atoms with E-state index >= 15 is 0 Å². The van der Waals surface area contributed by atoms with E-state index in [-0.39, 0.29) is 11.8 Å². The van der Waals surface area contributed by atoms with Gasteiger partial charge in [-0.25, -0.2) is 0 Å². The number of methoxy groups -OCH3 is 1. The molecular formula is C17H17NO3S. The van der Waals surface area contributed by atoms with Crippen LogP contribution in [0.1, 0.15) is 22.8 Å². The first-order valence-corrected chi connectivity index (χ1v) is 7.90. The van der Waals surface area contributed by atoms with Crippen molar-refractivity contribution in [3.8, 4) is 11.5 Å². The SMILES string of the molecule is C=CCOc1c(OC)cccc1C1CC(=O)Nc2ccsc21. The van der Waals surface area contributed by atoms with Crippen molar-refractivity contribution in [3.63, 3.8) is 0 Å². The lowest BCUT2D eigenvalue weighted by Gasteiger charge is -2.25. The van der Waals surface area contributed by atoms with Gasteiger partial charge in [0.05, 0.1) is 12.8 Å². The van der Waals surface area contributed by atoms with Crippen LogP contribution in [0.4, 0.5) is 5.69 Å². The number of anilines is 1. The van der Waals surface area contributed by atoms with Gasteiger partial charge in [-0.3, -0.25) is 4.79 Å². The van der Waals surface area contributed by atoms with Gasteiger partial charge < -0.3 is 14.8 Å². The van der Waals surface area contributed by atoms with Crippen molar-refractivity contribution in [2.75, 3.05) is 19.0 Å². The van der Waals surface area contributed by atoms with Crippen LogP contribution in [0.15, 0.2) is 42.3 Å². The van der Waals surface area contributed by atoms with E-state index in [1.807, 2.05) is 29.6 Å². The van der Waals surface area contributed by atoms with Crippen LogP contribution in [-0.4, -0.2) is 19.6 Å². The quantitative estimate of drug-likeness (QED) is 0.854. The fraction of sp³-hybridized carbons (Fsp3) is 0.235. The molecule has 2 aromatic rings. The number of fused-ring (bicyclic) bond motifs is 1. The molecule has 2 heterocycles. The highest BCUT2D eigenvalue weighted by Gasteiger charge is 2.30. The van der Waals surface area contributed by atoms with Gasteiger partial charge in [0.25, 0.3) is 0 Å². The zero-order valence-corrected chi connectivity index (χ0v) is 13.1. The molecule has 1 aromatic heterocycles. The average Bonchev–Trinajstić information content (AvgIpc) is 2.99. The minimum Gasteiger partial charge on any atom is -0.493 e. The fourth-order valence-electron chi connectivity index (χ4n) is 2.69. The second-order valence-corrected chi connectivity index (χ2v) is 5.93. The number of hydrogen-bond acceptors (Lipinski definition) is 4. The van der Waals surface area contributed by atoms with Crippen molar-refractivity contribution in [1.82, 2.24) is 0 Å². The molecule has 0 bridgehead atoms. The Labute approximate surface area is 133 Å². The van der Waals surface area contributed by atoms with Crippen LogP contribution < -0.4 is 14.8 Å².